The van der Waals surface area contributed by atoms with Crippen LogP contribution in [0.4, 0.5) is 17.3 Å². The molecule has 19 heavy (non-hydrogen) atoms. The largest absolute Gasteiger partial charge is 0.384 e. The van der Waals surface area contributed by atoms with E-state index in [0.29, 0.717) is 17.6 Å². The van der Waals surface area contributed by atoms with Gasteiger partial charge in [-0.05, 0) is 43.1 Å². The highest BCUT2D eigenvalue weighted by Crippen LogP contribution is 2.48. The lowest BCUT2D eigenvalue weighted by molar-refractivity contribution is -0.384. The number of rotatable bonds is 4. The SMILES string of the molecule is Nc1ccc([N+](=O)[O-])c(NCC2CC3CCC2C3)n1. The minimum Gasteiger partial charge on any atom is -0.384 e. The van der Waals surface area contributed by atoms with Crippen LogP contribution in [0.15, 0.2) is 12.1 Å². The van der Waals surface area contributed by atoms with E-state index in [1.54, 1.807) is 0 Å². The van der Waals surface area contributed by atoms with Crippen molar-refractivity contribution in [2.75, 3.05) is 17.6 Å². The van der Waals surface area contributed by atoms with Crippen LogP contribution in [-0.4, -0.2) is 16.5 Å². The highest BCUT2D eigenvalue weighted by Gasteiger charge is 2.39. The van der Waals surface area contributed by atoms with Gasteiger partial charge in [0.05, 0.1) is 4.92 Å². The van der Waals surface area contributed by atoms with Crippen LogP contribution >= 0.6 is 0 Å². The van der Waals surface area contributed by atoms with Gasteiger partial charge in [-0.25, -0.2) is 4.98 Å². The van der Waals surface area contributed by atoms with Gasteiger partial charge in [-0.2, -0.15) is 0 Å². The molecule has 6 nitrogen and oxygen atoms in total. The van der Waals surface area contributed by atoms with Crippen LogP contribution in [0.1, 0.15) is 25.7 Å². The van der Waals surface area contributed by atoms with Gasteiger partial charge in [-0.1, -0.05) is 6.42 Å². The second-order valence-electron chi connectivity index (χ2n) is 5.68. The molecule has 102 valence electrons. The fourth-order valence-electron chi connectivity index (χ4n) is 3.60. The highest BCUT2D eigenvalue weighted by atomic mass is 16.6. The molecule has 3 unspecified atom stereocenters. The first kappa shape index (κ1) is 12.2. The Morgan fingerprint density at radius 2 is 2.26 bits per heavy atom. The molecule has 0 saturated heterocycles. The van der Waals surface area contributed by atoms with Crippen LogP contribution in [0.5, 0.6) is 0 Å². The van der Waals surface area contributed by atoms with Gasteiger partial charge >= 0.3 is 5.69 Å². The first-order chi connectivity index (χ1) is 9.13. The van der Waals surface area contributed by atoms with E-state index >= 15 is 0 Å². The lowest BCUT2D eigenvalue weighted by Gasteiger charge is -2.22. The Morgan fingerprint density at radius 3 is 2.89 bits per heavy atom. The summed E-state index contributed by atoms with van der Waals surface area (Å²) in [5, 5.41) is 14.1. The van der Waals surface area contributed by atoms with Gasteiger partial charge in [-0.15, -0.1) is 0 Å². The van der Waals surface area contributed by atoms with E-state index in [4.69, 9.17) is 5.73 Å². The molecule has 3 atom stereocenters. The summed E-state index contributed by atoms with van der Waals surface area (Å²) in [5.74, 6) is 2.90. The van der Waals surface area contributed by atoms with Crippen LogP contribution < -0.4 is 11.1 Å². The van der Waals surface area contributed by atoms with Crippen molar-refractivity contribution >= 4 is 17.3 Å². The molecule has 3 rings (SSSR count). The molecule has 0 aliphatic heterocycles. The topological polar surface area (TPSA) is 94.1 Å². The Balaban J connectivity index is 1.69. The smallest absolute Gasteiger partial charge is 0.311 e. The maximum Gasteiger partial charge on any atom is 0.311 e. The number of nitrogens with one attached hydrogen (secondary N) is 1. The molecule has 1 aromatic rings. The van der Waals surface area contributed by atoms with Gasteiger partial charge < -0.3 is 11.1 Å². The lowest BCUT2D eigenvalue weighted by atomic mass is 9.89. The number of nitrogens with zero attached hydrogens (tertiary/aromatic N) is 2. The molecule has 6 heteroatoms. The van der Waals surface area contributed by atoms with Gasteiger partial charge in [0.25, 0.3) is 0 Å². The third-order valence-electron chi connectivity index (χ3n) is 4.51. The van der Waals surface area contributed by atoms with Crippen molar-refractivity contribution in [3.05, 3.63) is 22.2 Å². The Labute approximate surface area is 111 Å². The number of hydrogen-bond acceptors (Lipinski definition) is 5. The summed E-state index contributed by atoms with van der Waals surface area (Å²) in [6, 6.07) is 2.87. The fourth-order valence-corrected chi connectivity index (χ4v) is 3.60. The fraction of sp³-hybridized carbons (Fsp3) is 0.615. The normalized spacial score (nSPS) is 28.5. The first-order valence-electron chi connectivity index (χ1n) is 6.78. The summed E-state index contributed by atoms with van der Waals surface area (Å²) in [6.07, 6.45) is 5.24. The summed E-state index contributed by atoms with van der Waals surface area (Å²) in [5.41, 5.74) is 5.60. The first-order valence-corrected chi connectivity index (χ1v) is 6.78. The molecule has 2 aliphatic carbocycles. The average molecular weight is 262 g/mol. The molecule has 0 spiro atoms. The van der Waals surface area contributed by atoms with E-state index in [1.165, 1.54) is 37.8 Å². The Morgan fingerprint density at radius 1 is 1.42 bits per heavy atom. The molecule has 0 amide bonds. The van der Waals surface area contributed by atoms with Crippen molar-refractivity contribution in [3.8, 4) is 0 Å². The van der Waals surface area contributed by atoms with Crippen LogP contribution in [-0.2, 0) is 0 Å². The molecule has 3 N–H and O–H groups in total. The Hall–Kier alpha value is -1.85. The van der Waals surface area contributed by atoms with Crippen molar-refractivity contribution in [3.63, 3.8) is 0 Å². The van der Waals surface area contributed by atoms with E-state index in [0.717, 1.165) is 18.4 Å². The zero-order valence-corrected chi connectivity index (χ0v) is 10.7. The predicted octanol–water partition coefficient (Wildman–Crippen LogP) is 2.42. The number of aromatic nitrogens is 1. The predicted molar refractivity (Wildman–Crippen MR) is 72.7 cm³/mol. The van der Waals surface area contributed by atoms with Crippen LogP contribution in [0, 0.1) is 27.9 Å². The molecular weight excluding hydrogens is 244 g/mol. The summed E-state index contributed by atoms with van der Waals surface area (Å²) >= 11 is 0. The minimum absolute atomic E-state index is 0.00245. The third-order valence-corrected chi connectivity index (χ3v) is 4.51. The van der Waals surface area contributed by atoms with Gasteiger partial charge in [0, 0.05) is 12.6 Å². The standard InChI is InChI=1S/C13H18N4O2/c14-12-4-3-11(17(18)19)13(16-12)15-7-10-6-8-1-2-9(10)5-8/h3-4,8-10H,1-2,5-7H2,(H3,14,15,16). The Kier molecular flexibility index (Phi) is 3.00. The van der Waals surface area contributed by atoms with E-state index in [1.807, 2.05) is 0 Å². The van der Waals surface area contributed by atoms with Gasteiger partial charge in [0.15, 0.2) is 0 Å². The molecule has 0 aromatic carbocycles. The summed E-state index contributed by atoms with van der Waals surface area (Å²) < 4.78 is 0. The van der Waals surface area contributed by atoms with E-state index in [-0.39, 0.29) is 5.69 Å². The Bertz CT molecular complexity index is 505. The molecular formula is C13H18N4O2. The van der Waals surface area contributed by atoms with Crippen LogP contribution in [0.3, 0.4) is 0 Å². The van der Waals surface area contributed by atoms with Crippen molar-refractivity contribution in [2.24, 2.45) is 17.8 Å². The number of nitrogens with two attached hydrogens (primary N) is 1. The van der Waals surface area contributed by atoms with Crippen molar-refractivity contribution in [1.29, 1.82) is 0 Å². The van der Waals surface area contributed by atoms with E-state index in [9.17, 15) is 10.1 Å². The number of anilines is 2. The van der Waals surface area contributed by atoms with Gasteiger partial charge in [-0.3, -0.25) is 10.1 Å². The maximum absolute atomic E-state index is 10.9. The zero-order chi connectivity index (χ0) is 13.4. The summed E-state index contributed by atoms with van der Waals surface area (Å²) in [4.78, 5) is 14.6. The molecule has 2 bridgehead atoms. The molecule has 2 aliphatic rings. The van der Waals surface area contributed by atoms with E-state index < -0.39 is 4.92 Å². The van der Waals surface area contributed by atoms with Crippen molar-refractivity contribution < 1.29 is 4.92 Å². The maximum atomic E-state index is 10.9. The number of pyridine rings is 1. The summed E-state index contributed by atoms with van der Waals surface area (Å²) in [7, 11) is 0. The molecule has 1 aromatic heterocycles. The van der Waals surface area contributed by atoms with Gasteiger partial charge in [0.2, 0.25) is 5.82 Å². The van der Waals surface area contributed by atoms with Crippen molar-refractivity contribution in [2.45, 2.75) is 25.7 Å². The minimum atomic E-state index is -0.421. The lowest BCUT2D eigenvalue weighted by Crippen LogP contribution is -2.21. The second kappa shape index (κ2) is 4.68. The van der Waals surface area contributed by atoms with Crippen molar-refractivity contribution in [1.82, 2.24) is 4.98 Å². The summed E-state index contributed by atoms with van der Waals surface area (Å²) in [6.45, 7) is 0.762. The average Bonchev–Trinajstić information content (AvgIpc) is 2.98. The number of hydrogen-bond donors (Lipinski definition) is 2. The van der Waals surface area contributed by atoms with Crippen LogP contribution in [0.25, 0.3) is 0 Å². The van der Waals surface area contributed by atoms with Crippen LogP contribution in [0.2, 0.25) is 0 Å². The highest BCUT2D eigenvalue weighted by molar-refractivity contribution is 5.59. The second-order valence-corrected chi connectivity index (χ2v) is 5.68. The number of nitrogen functional groups attached to an aromatic ring is 1. The third kappa shape index (κ3) is 2.34. The van der Waals surface area contributed by atoms with Gasteiger partial charge in [0.1, 0.15) is 5.82 Å². The molecule has 2 fully saturated rings. The molecule has 2 saturated carbocycles. The monoisotopic (exact) mass is 262 g/mol. The number of nitro groups is 1. The number of fused-ring (bicyclic) bond motifs is 2. The molecule has 0 radical (unpaired) electrons. The molecule has 1 heterocycles. The van der Waals surface area contributed by atoms with E-state index in [2.05, 4.69) is 10.3 Å². The quantitative estimate of drug-likeness (QED) is 0.642. The zero-order valence-electron chi connectivity index (χ0n) is 10.7.